The molecule has 214 valence electrons. The van der Waals surface area contributed by atoms with Crippen molar-refractivity contribution < 1.29 is 18.0 Å². The number of amides is 2. The zero-order chi connectivity index (χ0) is 29.4. The van der Waals surface area contributed by atoms with Crippen LogP contribution in [0.4, 0.5) is 5.69 Å². The molecule has 7 nitrogen and oxygen atoms in total. The molecule has 0 bridgehead atoms. The largest absolute Gasteiger partial charge is 0.352 e. The van der Waals surface area contributed by atoms with Crippen molar-refractivity contribution in [2.45, 2.75) is 57.1 Å². The molecule has 0 radical (unpaired) electrons. The molecule has 0 aromatic heterocycles. The van der Waals surface area contributed by atoms with E-state index in [1.807, 2.05) is 13.8 Å². The van der Waals surface area contributed by atoms with E-state index in [-0.39, 0.29) is 39.1 Å². The topological polar surface area (TPSA) is 86.8 Å². The Kier molecular flexibility index (Phi) is 11.3. The Morgan fingerprint density at radius 1 is 0.850 bits per heavy atom. The van der Waals surface area contributed by atoms with E-state index in [9.17, 15) is 18.0 Å². The van der Waals surface area contributed by atoms with Crippen LogP contribution in [-0.2, 0) is 26.2 Å². The number of benzene rings is 3. The van der Waals surface area contributed by atoms with Crippen LogP contribution >= 0.6 is 34.8 Å². The Morgan fingerprint density at radius 3 is 2.10 bits per heavy atom. The first-order chi connectivity index (χ1) is 19.0. The van der Waals surface area contributed by atoms with E-state index >= 15 is 0 Å². The highest BCUT2D eigenvalue weighted by Crippen LogP contribution is 2.31. The number of carbonyl (C=O) groups is 2. The number of carbonyl (C=O) groups excluding carboxylic acids is 2. The van der Waals surface area contributed by atoms with Crippen molar-refractivity contribution in [3.63, 3.8) is 0 Å². The number of nitrogens with zero attached hydrogens (tertiary/aromatic N) is 2. The fourth-order valence-corrected chi connectivity index (χ4v) is 5.97. The van der Waals surface area contributed by atoms with Crippen molar-refractivity contribution in [2.75, 3.05) is 10.8 Å². The van der Waals surface area contributed by atoms with E-state index in [0.29, 0.717) is 23.4 Å². The number of sulfonamides is 1. The van der Waals surface area contributed by atoms with Gasteiger partial charge in [0.2, 0.25) is 11.8 Å². The number of hydrogen-bond acceptors (Lipinski definition) is 4. The van der Waals surface area contributed by atoms with Gasteiger partial charge in [-0.05, 0) is 61.7 Å². The van der Waals surface area contributed by atoms with Crippen molar-refractivity contribution in [2.24, 2.45) is 0 Å². The van der Waals surface area contributed by atoms with Crippen LogP contribution in [0.15, 0.2) is 77.7 Å². The van der Waals surface area contributed by atoms with Gasteiger partial charge in [-0.1, -0.05) is 85.0 Å². The Hall–Kier alpha value is -2.78. The van der Waals surface area contributed by atoms with Gasteiger partial charge in [0.15, 0.2) is 0 Å². The van der Waals surface area contributed by atoms with Gasteiger partial charge in [-0.3, -0.25) is 13.9 Å². The second-order valence-corrected chi connectivity index (χ2v) is 12.4. The van der Waals surface area contributed by atoms with Gasteiger partial charge < -0.3 is 10.2 Å². The van der Waals surface area contributed by atoms with Crippen LogP contribution in [0.3, 0.4) is 0 Å². The first-order valence-electron chi connectivity index (χ1n) is 12.9. The molecule has 0 spiro atoms. The molecule has 3 aromatic rings. The van der Waals surface area contributed by atoms with Crippen molar-refractivity contribution in [1.82, 2.24) is 10.2 Å². The monoisotopic (exact) mass is 623 g/mol. The predicted octanol–water partition coefficient (Wildman–Crippen LogP) is 6.56. The number of halogens is 3. The highest BCUT2D eigenvalue weighted by Gasteiger charge is 2.34. The second-order valence-electron chi connectivity index (χ2n) is 9.28. The van der Waals surface area contributed by atoms with Gasteiger partial charge in [-0.25, -0.2) is 8.42 Å². The third kappa shape index (κ3) is 7.69. The van der Waals surface area contributed by atoms with Crippen LogP contribution in [-0.4, -0.2) is 43.8 Å². The molecule has 3 rings (SSSR count). The average molecular weight is 625 g/mol. The number of hydrogen-bond donors (Lipinski definition) is 1. The molecular formula is C29H32Cl3N3O4S. The van der Waals surface area contributed by atoms with E-state index in [2.05, 4.69) is 5.32 Å². The van der Waals surface area contributed by atoms with Crippen molar-refractivity contribution in [1.29, 1.82) is 0 Å². The summed E-state index contributed by atoms with van der Waals surface area (Å²) in [4.78, 5) is 28.8. The van der Waals surface area contributed by atoms with Crippen LogP contribution in [0, 0.1) is 0 Å². The van der Waals surface area contributed by atoms with Crippen LogP contribution in [0.25, 0.3) is 0 Å². The number of anilines is 1. The SMILES string of the molecule is CC[C@H](C)NC(=O)[C@H](CC)N(Cc1ccccc1Cl)C(=O)CN(c1ccc(Cl)c(Cl)c1)S(=O)(=O)c1ccccc1. The van der Waals surface area contributed by atoms with E-state index in [0.717, 1.165) is 4.31 Å². The first kappa shape index (κ1) is 31.7. The van der Waals surface area contributed by atoms with Gasteiger partial charge in [-0.15, -0.1) is 0 Å². The van der Waals surface area contributed by atoms with Gasteiger partial charge >= 0.3 is 0 Å². The summed E-state index contributed by atoms with van der Waals surface area (Å²) < 4.78 is 28.6. The minimum atomic E-state index is -4.21. The molecule has 1 N–H and O–H groups in total. The van der Waals surface area contributed by atoms with Crippen LogP contribution in [0.1, 0.15) is 39.2 Å². The van der Waals surface area contributed by atoms with Gasteiger partial charge in [0.1, 0.15) is 12.6 Å². The van der Waals surface area contributed by atoms with E-state index in [1.54, 1.807) is 49.4 Å². The maximum atomic E-state index is 14.1. The summed E-state index contributed by atoms with van der Waals surface area (Å²) in [6.07, 6.45) is 1.01. The van der Waals surface area contributed by atoms with Gasteiger partial charge in [0.25, 0.3) is 10.0 Å². The van der Waals surface area contributed by atoms with Crippen molar-refractivity contribution >= 4 is 62.3 Å². The smallest absolute Gasteiger partial charge is 0.264 e. The molecular weight excluding hydrogens is 593 g/mol. The summed E-state index contributed by atoms with van der Waals surface area (Å²) in [5.74, 6) is -0.916. The molecule has 0 aliphatic heterocycles. The van der Waals surface area contributed by atoms with Gasteiger partial charge in [0, 0.05) is 17.6 Å². The lowest BCUT2D eigenvalue weighted by molar-refractivity contribution is -0.140. The Bertz CT molecular complexity index is 1440. The number of nitrogens with one attached hydrogen (secondary N) is 1. The molecule has 3 aromatic carbocycles. The molecule has 0 fully saturated rings. The third-order valence-corrected chi connectivity index (χ3v) is 9.38. The number of rotatable bonds is 12. The normalized spacial score (nSPS) is 12.8. The molecule has 0 saturated heterocycles. The summed E-state index contributed by atoms with van der Waals surface area (Å²) in [5, 5.41) is 3.74. The fourth-order valence-electron chi connectivity index (χ4n) is 4.06. The van der Waals surface area contributed by atoms with Crippen LogP contribution in [0.2, 0.25) is 15.1 Å². The zero-order valence-electron chi connectivity index (χ0n) is 22.5. The minimum Gasteiger partial charge on any atom is -0.352 e. The van der Waals surface area contributed by atoms with Crippen molar-refractivity contribution in [3.05, 3.63) is 93.4 Å². The molecule has 2 amide bonds. The summed E-state index contributed by atoms with van der Waals surface area (Å²) in [5.41, 5.74) is 0.778. The second kappa shape index (κ2) is 14.2. The predicted molar refractivity (Wildman–Crippen MR) is 161 cm³/mol. The van der Waals surface area contributed by atoms with Crippen LogP contribution < -0.4 is 9.62 Å². The summed E-state index contributed by atoms with van der Waals surface area (Å²) in [6, 6.07) is 18.1. The van der Waals surface area contributed by atoms with Crippen LogP contribution in [0.5, 0.6) is 0 Å². The maximum absolute atomic E-state index is 14.1. The zero-order valence-corrected chi connectivity index (χ0v) is 25.6. The Labute approximate surface area is 251 Å². The lowest BCUT2D eigenvalue weighted by atomic mass is 10.1. The summed E-state index contributed by atoms with van der Waals surface area (Å²) >= 11 is 18.8. The average Bonchev–Trinajstić information content (AvgIpc) is 2.94. The summed E-state index contributed by atoms with van der Waals surface area (Å²) in [7, 11) is -4.21. The molecule has 0 saturated carbocycles. The molecule has 0 unspecified atom stereocenters. The quantitative estimate of drug-likeness (QED) is 0.247. The Balaban J connectivity index is 2.08. The van der Waals surface area contributed by atoms with E-state index < -0.39 is 28.5 Å². The minimum absolute atomic E-state index is 0.00549. The fraction of sp³-hybridized carbons (Fsp3) is 0.310. The standard InChI is InChI=1S/C29H32Cl3N3O4S/c1-4-20(3)33-29(37)27(5-2)34(18-21-11-9-10-14-24(21)30)28(36)19-35(22-15-16-25(31)26(32)17-22)40(38,39)23-12-7-6-8-13-23/h6-17,20,27H,4-5,18-19H2,1-3H3,(H,33,37)/t20-,27-/m0/s1. The molecule has 0 aliphatic carbocycles. The molecule has 11 heteroatoms. The lowest BCUT2D eigenvalue weighted by Crippen LogP contribution is -2.53. The first-order valence-corrected chi connectivity index (χ1v) is 15.4. The summed E-state index contributed by atoms with van der Waals surface area (Å²) in [6.45, 7) is 5.04. The van der Waals surface area contributed by atoms with Gasteiger partial charge in [-0.2, -0.15) is 0 Å². The molecule has 2 atom stereocenters. The van der Waals surface area contributed by atoms with Gasteiger partial charge in [0.05, 0.1) is 20.6 Å². The third-order valence-electron chi connectivity index (χ3n) is 6.49. The Morgan fingerprint density at radius 2 is 1.50 bits per heavy atom. The maximum Gasteiger partial charge on any atom is 0.264 e. The van der Waals surface area contributed by atoms with E-state index in [4.69, 9.17) is 34.8 Å². The lowest BCUT2D eigenvalue weighted by Gasteiger charge is -2.34. The molecule has 0 heterocycles. The molecule has 0 aliphatic rings. The highest BCUT2D eigenvalue weighted by molar-refractivity contribution is 7.92. The molecule has 40 heavy (non-hydrogen) atoms. The van der Waals surface area contributed by atoms with E-state index in [1.165, 1.54) is 35.2 Å². The van der Waals surface area contributed by atoms with Crippen molar-refractivity contribution in [3.8, 4) is 0 Å². The highest BCUT2D eigenvalue weighted by atomic mass is 35.5.